The molecule has 0 spiro atoms. The van der Waals surface area contributed by atoms with Gasteiger partial charge >= 0.3 is 0 Å². The zero-order valence-corrected chi connectivity index (χ0v) is 11.3. The Balaban J connectivity index is 2.08. The van der Waals surface area contributed by atoms with Gasteiger partial charge < -0.3 is 10.4 Å². The molecule has 1 atom stereocenters. The van der Waals surface area contributed by atoms with Crippen molar-refractivity contribution in [3.05, 3.63) is 51.2 Å². The van der Waals surface area contributed by atoms with Crippen molar-refractivity contribution in [2.75, 3.05) is 0 Å². The second kappa shape index (κ2) is 5.42. The number of aromatic hydroxyl groups is 1. The highest BCUT2D eigenvalue weighted by molar-refractivity contribution is 7.16. The Morgan fingerprint density at radius 3 is 2.78 bits per heavy atom. The topological polar surface area (TPSA) is 49.3 Å². The first-order chi connectivity index (χ1) is 8.56. The van der Waals surface area contributed by atoms with Crippen LogP contribution < -0.4 is 5.32 Å². The standard InChI is InChI=1S/C13H12ClNO2S/c1-8(11-5-6-12(14)18-11)15-13(17)9-3-2-4-10(16)7-9/h2-8,16H,1H3,(H,15,17). The Morgan fingerprint density at radius 1 is 1.39 bits per heavy atom. The molecule has 94 valence electrons. The molecule has 0 aliphatic rings. The smallest absolute Gasteiger partial charge is 0.251 e. The molecule has 2 rings (SSSR count). The SMILES string of the molecule is CC(NC(=O)c1cccc(O)c1)c1ccc(Cl)s1. The number of carbonyl (C=O) groups is 1. The minimum absolute atomic E-state index is 0.0782. The molecule has 0 aliphatic carbocycles. The van der Waals surface area contributed by atoms with Gasteiger partial charge in [0.25, 0.3) is 5.91 Å². The van der Waals surface area contributed by atoms with E-state index in [2.05, 4.69) is 5.32 Å². The summed E-state index contributed by atoms with van der Waals surface area (Å²) in [5, 5.41) is 12.2. The van der Waals surface area contributed by atoms with Crippen LogP contribution in [0.25, 0.3) is 0 Å². The number of halogens is 1. The number of phenolic OH excluding ortho intramolecular Hbond substituents is 1. The molecule has 1 aromatic heterocycles. The summed E-state index contributed by atoms with van der Waals surface area (Å²) in [6, 6.07) is 9.83. The first kappa shape index (κ1) is 12.9. The number of benzene rings is 1. The van der Waals surface area contributed by atoms with Gasteiger partial charge in [-0.3, -0.25) is 4.79 Å². The summed E-state index contributed by atoms with van der Waals surface area (Å²) in [5.74, 6) is -0.141. The van der Waals surface area contributed by atoms with Gasteiger partial charge in [-0.25, -0.2) is 0 Å². The number of thiophene rings is 1. The molecule has 1 aromatic carbocycles. The van der Waals surface area contributed by atoms with Crippen molar-refractivity contribution in [1.82, 2.24) is 5.32 Å². The van der Waals surface area contributed by atoms with Crippen LogP contribution in [0.2, 0.25) is 4.34 Å². The Bertz CT molecular complexity index is 568. The third kappa shape index (κ3) is 3.03. The molecule has 2 N–H and O–H groups in total. The van der Waals surface area contributed by atoms with E-state index < -0.39 is 0 Å². The zero-order chi connectivity index (χ0) is 13.1. The van der Waals surface area contributed by atoms with Crippen LogP contribution in [-0.4, -0.2) is 11.0 Å². The van der Waals surface area contributed by atoms with E-state index in [1.165, 1.54) is 23.5 Å². The van der Waals surface area contributed by atoms with Crippen LogP contribution in [0, 0.1) is 0 Å². The van der Waals surface area contributed by atoms with E-state index in [0.29, 0.717) is 9.90 Å². The molecule has 0 radical (unpaired) electrons. The van der Waals surface area contributed by atoms with Crippen LogP contribution in [0.3, 0.4) is 0 Å². The van der Waals surface area contributed by atoms with Crippen LogP contribution in [0.4, 0.5) is 0 Å². The van der Waals surface area contributed by atoms with Gasteiger partial charge in [-0.05, 0) is 37.3 Å². The number of nitrogens with one attached hydrogen (secondary N) is 1. The fourth-order valence-electron chi connectivity index (χ4n) is 1.56. The van der Waals surface area contributed by atoms with E-state index in [4.69, 9.17) is 11.6 Å². The Kier molecular flexibility index (Phi) is 3.89. The van der Waals surface area contributed by atoms with Gasteiger partial charge in [-0.1, -0.05) is 17.7 Å². The first-order valence-electron chi connectivity index (χ1n) is 5.41. The Labute approximate surface area is 114 Å². The lowest BCUT2D eigenvalue weighted by molar-refractivity contribution is 0.0940. The highest BCUT2D eigenvalue weighted by Crippen LogP contribution is 2.26. The van der Waals surface area contributed by atoms with Crippen LogP contribution in [0.1, 0.15) is 28.2 Å². The van der Waals surface area contributed by atoms with Crippen molar-refractivity contribution < 1.29 is 9.90 Å². The third-order valence-corrected chi connectivity index (χ3v) is 3.89. The predicted octanol–water partition coefficient (Wildman–Crippen LogP) is 3.60. The average Bonchev–Trinajstić information content (AvgIpc) is 2.76. The molecule has 0 aliphatic heterocycles. The maximum absolute atomic E-state index is 11.9. The molecule has 0 fully saturated rings. The lowest BCUT2D eigenvalue weighted by Crippen LogP contribution is -2.25. The molecule has 3 nitrogen and oxygen atoms in total. The lowest BCUT2D eigenvalue weighted by atomic mass is 10.2. The van der Waals surface area contributed by atoms with E-state index >= 15 is 0 Å². The Morgan fingerprint density at radius 2 is 2.17 bits per heavy atom. The fourth-order valence-corrected chi connectivity index (χ4v) is 2.62. The van der Waals surface area contributed by atoms with Gasteiger partial charge in [0.1, 0.15) is 5.75 Å². The van der Waals surface area contributed by atoms with Crippen molar-refractivity contribution in [3.63, 3.8) is 0 Å². The molecule has 18 heavy (non-hydrogen) atoms. The van der Waals surface area contributed by atoms with Crippen LogP contribution >= 0.6 is 22.9 Å². The highest BCUT2D eigenvalue weighted by Gasteiger charge is 2.13. The van der Waals surface area contributed by atoms with Crippen molar-refractivity contribution >= 4 is 28.8 Å². The molecule has 2 aromatic rings. The third-order valence-electron chi connectivity index (χ3n) is 2.48. The molecular weight excluding hydrogens is 270 g/mol. The summed E-state index contributed by atoms with van der Waals surface area (Å²) in [4.78, 5) is 12.9. The van der Waals surface area contributed by atoms with Crippen LogP contribution in [-0.2, 0) is 0 Å². The van der Waals surface area contributed by atoms with Gasteiger partial charge in [0.05, 0.1) is 10.4 Å². The predicted molar refractivity (Wildman–Crippen MR) is 73.3 cm³/mol. The van der Waals surface area contributed by atoms with Gasteiger partial charge in [0, 0.05) is 10.4 Å². The minimum atomic E-state index is -0.220. The summed E-state index contributed by atoms with van der Waals surface area (Å²) >= 11 is 7.29. The second-order valence-corrected chi connectivity index (χ2v) is 5.63. The summed E-state index contributed by atoms with van der Waals surface area (Å²) in [7, 11) is 0. The molecule has 0 saturated carbocycles. The fraction of sp³-hybridized carbons (Fsp3) is 0.154. The summed E-state index contributed by atoms with van der Waals surface area (Å²) < 4.78 is 0.698. The first-order valence-corrected chi connectivity index (χ1v) is 6.61. The van der Waals surface area contributed by atoms with Crippen molar-refractivity contribution in [1.29, 1.82) is 0 Å². The maximum Gasteiger partial charge on any atom is 0.251 e. The number of rotatable bonds is 3. The zero-order valence-electron chi connectivity index (χ0n) is 9.68. The molecular formula is C13H12ClNO2S. The monoisotopic (exact) mass is 281 g/mol. The summed E-state index contributed by atoms with van der Waals surface area (Å²) in [5.41, 5.74) is 0.435. The number of amides is 1. The van der Waals surface area contributed by atoms with Crippen molar-refractivity contribution in [2.24, 2.45) is 0 Å². The lowest BCUT2D eigenvalue weighted by Gasteiger charge is -2.12. The van der Waals surface area contributed by atoms with Gasteiger partial charge in [-0.15, -0.1) is 11.3 Å². The quantitative estimate of drug-likeness (QED) is 0.903. The number of phenols is 1. The molecule has 1 unspecified atom stereocenters. The van der Waals surface area contributed by atoms with Gasteiger partial charge in [0.15, 0.2) is 0 Å². The summed E-state index contributed by atoms with van der Waals surface area (Å²) in [6.45, 7) is 1.89. The molecule has 1 amide bonds. The largest absolute Gasteiger partial charge is 0.508 e. The van der Waals surface area contributed by atoms with E-state index in [1.54, 1.807) is 18.2 Å². The van der Waals surface area contributed by atoms with E-state index in [-0.39, 0.29) is 17.7 Å². The Hall–Kier alpha value is -1.52. The molecule has 0 bridgehead atoms. The van der Waals surface area contributed by atoms with Crippen LogP contribution in [0.15, 0.2) is 36.4 Å². The minimum Gasteiger partial charge on any atom is -0.508 e. The van der Waals surface area contributed by atoms with E-state index in [1.807, 2.05) is 13.0 Å². The van der Waals surface area contributed by atoms with Crippen molar-refractivity contribution in [3.8, 4) is 5.75 Å². The maximum atomic E-state index is 11.9. The average molecular weight is 282 g/mol. The highest BCUT2D eigenvalue weighted by atomic mass is 35.5. The summed E-state index contributed by atoms with van der Waals surface area (Å²) in [6.07, 6.45) is 0. The normalized spacial score (nSPS) is 12.1. The van der Waals surface area contributed by atoms with Gasteiger partial charge in [0.2, 0.25) is 0 Å². The van der Waals surface area contributed by atoms with Gasteiger partial charge in [-0.2, -0.15) is 0 Å². The molecule has 5 heteroatoms. The van der Waals surface area contributed by atoms with E-state index in [9.17, 15) is 9.90 Å². The molecule has 1 heterocycles. The number of hydrogen-bond acceptors (Lipinski definition) is 3. The van der Waals surface area contributed by atoms with Crippen LogP contribution in [0.5, 0.6) is 5.75 Å². The number of hydrogen-bond donors (Lipinski definition) is 2. The molecule has 0 saturated heterocycles. The van der Waals surface area contributed by atoms with Crippen molar-refractivity contribution in [2.45, 2.75) is 13.0 Å². The van der Waals surface area contributed by atoms with E-state index in [0.717, 1.165) is 4.88 Å². The second-order valence-electron chi connectivity index (χ2n) is 3.89. The number of carbonyl (C=O) groups excluding carboxylic acids is 1.